The molecule has 6 rings (SSSR count). The molecule has 0 unspecified atom stereocenters. The van der Waals surface area contributed by atoms with E-state index in [1.807, 2.05) is 67.0 Å². The molecule has 0 saturated carbocycles. The second-order valence-electron chi connectivity index (χ2n) is 12.1. The Bertz CT molecular complexity index is 2130. The third-order valence-electron chi connectivity index (χ3n) is 8.19. The molecule has 0 atom stereocenters. The molecule has 0 aliphatic rings. The van der Waals surface area contributed by atoms with Crippen molar-refractivity contribution in [2.45, 2.75) is 40.0 Å². The molecular formula is C41H40N4O9. The Morgan fingerprint density at radius 3 is 1.48 bits per heavy atom. The number of esters is 2. The van der Waals surface area contributed by atoms with E-state index < -0.39 is 11.9 Å². The van der Waals surface area contributed by atoms with Crippen LogP contribution in [0.1, 0.15) is 53.0 Å². The molecule has 6 aromatic rings. The van der Waals surface area contributed by atoms with Crippen LogP contribution in [0.2, 0.25) is 0 Å². The largest absolute Gasteiger partial charge is 0.493 e. The molecule has 54 heavy (non-hydrogen) atoms. The third kappa shape index (κ3) is 8.81. The minimum atomic E-state index is -0.789. The lowest BCUT2D eigenvalue weighted by Gasteiger charge is -2.25. The van der Waals surface area contributed by atoms with Crippen LogP contribution in [0.4, 0.5) is 22.7 Å². The predicted molar refractivity (Wildman–Crippen MR) is 200 cm³/mol. The lowest BCUT2D eigenvalue weighted by molar-refractivity contribution is 0.0397. The molecule has 0 N–H and O–H groups in total. The van der Waals surface area contributed by atoms with Crippen LogP contribution in [-0.2, 0) is 17.8 Å². The second kappa shape index (κ2) is 17.2. The monoisotopic (exact) mass is 732 g/mol. The predicted octanol–water partition coefficient (Wildman–Crippen LogP) is 8.54. The van der Waals surface area contributed by atoms with Crippen molar-refractivity contribution in [3.05, 3.63) is 133 Å². The van der Waals surface area contributed by atoms with E-state index in [4.69, 9.17) is 32.5 Å². The first-order valence-electron chi connectivity index (χ1n) is 17.2. The van der Waals surface area contributed by atoms with Gasteiger partial charge in [0.15, 0.2) is 35.8 Å². The van der Waals surface area contributed by atoms with Gasteiger partial charge in [0.05, 0.1) is 63.5 Å². The van der Waals surface area contributed by atoms with Crippen molar-refractivity contribution in [2.75, 3.05) is 30.6 Å². The van der Waals surface area contributed by atoms with E-state index >= 15 is 0 Å². The van der Waals surface area contributed by atoms with Crippen LogP contribution >= 0.6 is 0 Å². The number of methoxy groups -OCH3 is 2. The lowest BCUT2D eigenvalue weighted by atomic mass is 10.1. The minimum absolute atomic E-state index is 0.0728. The maximum Gasteiger partial charge on any atom is 0.346 e. The Hall–Kier alpha value is -6.76. The molecule has 0 saturated heterocycles. The van der Waals surface area contributed by atoms with Gasteiger partial charge in [0.2, 0.25) is 0 Å². The summed E-state index contributed by atoms with van der Waals surface area (Å²) in [5, 5.41) is 0. The van der Waals surface area contributed by atoms with Gasteiger partial charge in [-0.2, -0.15) is 0 Å². The van der Waals surface area contributed by atoms with Crippen molar-refractivity contribution in [3.8, 4) is 23.0 Å². The van der Waals surface area contributed by atoms with Crippen molar-refractivity contribution < 1.29 is 42.1 Å². The van der Waals surface area contributed by atoms with Gasteiger partial charge in [0.1, 0.15) is 11.5 Å². The number of nitrogens with zero attached hydrogens (tertiary/aromatic N) is 4. The van der Waals surface area contributed by atoms with Crippen molar-refractivity contribution >= 4 is 34.7 Å². The number of ether oxygens (including phenoxy) is 5. The molecular weight excluding hydrogens is 692 g/mol. The zero-order valence-electron chi connectivity index (χ0n) is 30.6. The first kappa shape index (κ1) is 37.0. The van der Waals surface area contributed by atoms with Gasteiger partial charge in [-0.25, -0.2) is 19.6 Å². The van der Waals surface area contributed by atoms with Crippen LogP contribution in [0.25, 0.3) is 0 Å². The zero-order chi connectivity index (χ0) is 38.0. The van der Waals surface area contributed by atoms with Crippen LogP contribution in [0, 0.1) is 0 Å². The molecule has 13 nitrogen and oxygen atoms in total. The number of hydrogen-bond acceptors (Lipinski definition) is 13. The van der Waals surface area contributed by atoms with Crippen LogP contribution in [0.15, 0.2) is 119 Å². The number of anilines is 4. The molecule has 2 heterocycles. The summed E-state index contributed by atoms with van der Waals surface area (Å²) in [6.07, 6.45) is 5.93. The first-order valence-corrected chi connectivity index (χ1v) is 17.2. The molecule has 0 bridgehead atoms. The summed E-state index contributed by atoms with van der Waals surface area (Å²) in [5.74, 6) is 2.03. The molecule has 0 amide bonds. The molecule has 0 spiro atoms. The quantitative estimate of drug-likeness (QED) is 0.0694. The van der Waals surface area contributed by atoms with Gasteiger partial charge in [0, 0.05) is 34.9 Å². The molecule has 4 aromatic carbocycles. The number of hydrogen-bond donors (Lipinski definition) is 0. The van der Waals surface area contributed by atoms with Gasteiger partial charge in [-0.3, -0.25) is 0 Å². The van der Waals surface area contributed by atoms with Gasteiger partial charge >= 0.3 is 11.9 Å². The number of rotatable bonds is 16. The fourth-order valence-corrected chi connectivity index (χ4v) is 5.65. The van der Waals surface area contributed by atoms with Gasteiger partial charge in [-0.1, -0.05) is 0 Å². The Labute approximate surface area is 312 Å². The highest BCUT2D eigenvalue weighted by Gasteiger charge is 2.21. The maximum atomic E-state index is 13.2. The van der Waals surface area contributed by atoms with Gasteiger partial charge in [0.25, 0.3) is 0 Å². The number of benzene rings is 4. The standard InChI is InChI=1S/C41H40N4O9/c1-6-50-38-19-32(15-17-36(38)48-4)44(23-34-21-42-25-51-34)30-11-7-28(8-12-30)40(46)54-41(47)29-9-13-31(14-10-29)45(24-35-22-43-26-52-35)33-16-18-37(49-5)39(20-33)53-27(2)3/h7-22,25-27H,6,23-24H2,1-5H3. The summed E-state index contributed by atoms with van der Waals surface area (Å²) in [6, 6.07) is 24.6. The van der Waals surface area contributed by atoms with Crippen molar-refractivity contribution in [3.63, 3.8) is 0 Å². The number of carbonyl (C=O) groups excluding carboxylic acids is 2. The maximum absolute atomic E-state index is 13.2. The van der Waals surface area contributed by atoms with E-state index in [-0.39, 0.29) is 17.2 Å². The second-order valence-corrected chi connectivity index (χ2v) is 12.1. The van der Waals surface area contributed by atoms with Crippen LogP contribution in [-0.4, -0.2) is 48.8 Å². The number of aromatic nitrogens is 2. The van der Waals surface area contributed by atoms with Crippen molar-refractivity contribution in [1.29, 1.82) is 0 Å². The fraction of sp³-hybridized carbons (Fsp3) is 0.220. The van der Waals surface area contributed by atoms with Crippen molar-refractivity contribution in [2.24, 2.45) is 0 Å². The Kier molecular flexibility index (Phi) is 11.8. The summed E-state index contributed by atoms with van der Waals surface area (Å²) < 4.78 is 39.1. The first-order chi connectivity index (χ1) is 26.3. The van der Waals surface area contributed by atoms with E-state index in [0.717, 1.165) is 22.7 Å². The van der Waals surface area contributed by atoms with E-state index in [0.29, 0.717) is 54.2 Å². The van der Waals surface area contributed by atoms with E-state index in [2.05, 4.69) is 9.97 Å². The lowest BCUT2D eigenvalue weighted by Crippen LogP contribution is -2.18. The smallest absolute Gasteiger partial charge is 0.346 e. The van der Waals surface area contributed by atoms with E-state index in [1.165, 1.54) is 12.8 Å². The van der Waals surface area contributed by atoms with Crippen LogP contribution < -0.4 is 28.7 Å². The average Bonchev–Trinajstić information content (AvgIpc) is 3.91. The Morgan fingerprint density at radius 1 is 0.630 bits per heavy atom. The number of oxazole rings is 2. The highest BCUT2D eigenvalue weighted by atomic mass is 16.6. The number of carbonyl (C=O) groups is 2. The highest BCUT2D eigenvalue weighted by molar-refractivity contribution is 6.03. The summed E-state index contributed by atoms with van der Waals surface area (Å²) in [6.45, 7) is 6.92. The SMILES string of the molecule is CCOc1cc(N(Cc2cnco2)c2ccc(C(=O)OC(=O)c3ccc(N(Cc4cnco4)c4ccc(OC)c(OC(C)C)c4)cc3)cc2)ccc1OC. The van der Waals surface area contributed by atoms with Crippen LogP contribution in [0.3, 0.4) is 0 Å². The highest BCUT2D eigenvalue weighted by Crippen LogP contribution is 2.38. The normalized spacial score (nSPS) is 10.9. The topological polar surface area (TPSA) is 139 Å². The van der Waals surface area contributed by atoms with Gasteiger partial charge in [-0.05, 0) is 93.6 Å². The summed E-state index contributed by atoms with van der Waals surface area (Å²) >= 11 is 0. The molecule has 13 heteroatoms. The molecule has 278 valence electrons. The summed E-state index contributed by atoms with van der Waals surface area (Å²) in [7, 11) is 3.17. The van der Waals surface area contributed by atoms with Gasteiger partial charge in [-0.15, -0.1) is 0 Å². The van der Waals surface area contributed by atoms with E-state index in [1.54, 1.807) is 75.1 Å². The fourth-order valence-electron chi connectivity index (χ4n) is 5.65. The summed E-state index contributed by atoms with van der Waals surface area (Å²) in [5.41, 5.74) is 3.46. The summed E-state index contributed by atoms with van der Waals surface area (Å²) in [4.78, 5) is 38.4. The average molecular weight is 733 g/mol. The third-order valence-corrected chi connectivity index (χ3v) is 8.19. The Morgan fingerprint density at radius 2 is 1.07 bits per heavy atom. The Balaban J connectivity index is 1.19. The van der Waals surface area contributed by atoms with Crippen LogP contribution in [0.5, 0.6) is 23.0 Å². The van der Waals surface area contributed by atoms with E-state index in [9.17, 15) is 9.59 Å². The minimum Gasteiger partial charge on any atom is -0.493 e. The molecule has 0 aliphatic heterocycles. The van der Waals surface area contributed by atoms with Gasteiger partial charge < -0.3 is 42.3 Å². The molecule has 0 fully saturated rings. The van der Waals surface area contributed by atoms with Crippen molar-refractivity contribution in [1.82, 2.24) is 9.97 Å². The zero-order valence-corrected chi connectivity index (χ0v) is 30.6. The molecule has 0 radical (unpaired) electrons. The molecule has 2 aromatic heterocycles. The molecule has 0 aliphatic carbocycles.